The van der Waals surface area contributed by atoms with Gasteiger partial charge in [0.2, 0.25) is 5.91 Å². The molecule has 1 aliphatic heterocycles. The van der Waals surface area contributed by atoms with Crippen molar-refractivity contribution in [3.8, 4) is 0 Å². The molecule has 2 heterocycles. The van der Waals surface area contributed by atoms with Gasteiger partial charge in [-0.25, -0.2) is 4.99 Å². The van der Waals surface area contributed by atoms with E-state index in [1.165, 1.54) is 17.7 Å². The smallest absolute Gasteiger partial charge is 0.248 e. The van der Waals surface area contributed by atoms with Gasteiger partial charge < -0.3 is 16.4 Å². The molecular formula is C23H34IN5OS. The molecule has 1 fully saturated rings. The van der Waals surface area contributed by atoms with Crippen LogP contribution >= 0.6 is 35.3 Å². The third-order valence-corrected chi connectivity index (χ3v) is 6.57. The average Bonchev–Trinajstić information content (AvgIpc) is 3.28. The molecular weight excluding hydrogens is 521 g/mol. The van der Waals surface area contributed by atoms with E-state index < -0.39 is 5.91 Å². The van der Waals surface area contributed by atoms with Gasteiger partial charge in [0.1, 0.15) is 0 Å². The minimum Gasteiger partial charge on any atom is -0.366 e. The van der Waals surface area contributed by atoms with Gasteiger partial charge in [-0.3, -0.25) is 9.69 Å². The Bertz CT molecular complexity index is 817. The van der Waals surface area contributed by atoms with Gasteiger partial charge >= 0.3 is 0 Å². The lowest BCUT2D eigenvalue weighted by Crippen LogP contribution is -2.45. The van der Waals surface area contributed by atoms with Gasteiger partial charge in [-0.2, -0.15) is 0 Å². The molecule has 0 spiro atoms. The van der Waals surface area contributed by atoms with Gasteiger partial charge in [-0.05, 0) is 67.9 Å². The van der Waals surface area contributed by atoms with Crippen LogP contribution in [0, 0.1) is 5.92 Å². The van der Waals surface area contributed by atoms with Crippen molar-refractivity contribution >= 4 is 47.2 Å². The third kappa shape index (κ3) is 7.76. The SMILES string of the molecule is CCNC(=NCc1ccc(C(N)=O)cc1)NCC(c1cccs1)N1CCC(C)CC1.I. The summed E-state index contributed by atoms with van der Waals surface area (Å²) >= 11 is 1.82. The molecule has 8 heteroatoms. The largest absolute Gasteiger partial charge is 0.366 e. The molecule has 3 rings (SSSR count). The third-order valence-electron chi connectivity index (χ3n) is 5.60. The molecule has 2 aromatic rings. The van der Waals surface area contributed by atoms with Crippen LogP contribution in [0.15, 0.2) is 46.8 Å². The highest BCUT2D eigenvalue weighted by atomic mass is 127. The fourth-order valence-electron chi connectivity index (χ4n) is 3.71. The predicted molar refractivity (Wildman–Crippen MR) is 140 cm³/mol. The topological polar surface area (TPSA) is 82.7 Å². The number of nitrogens with zero attached hydrogens (tertiary/aromatic N) is 2. The number of hydrogen-bond donors (Lipinski definition) is 3. The summed E-state index contributed by atoms with van der Waals surface area (Å²) in [4.78, 5) is 20.0. The van der Waals surface area contributed by atoms with Crippen LogP contribution in [0.2, 0.25) is 0 Å². The monoisotopic (exact) mass is 555 g/mol. The van der Waals surface area contributed by atoms with E-state index in [-0.39, 0.29) is 24.0 Å². The lowest BCUT2D eigenvalue weighted by molar-refractivity contribution is 0.100. The molecule has 170 valence electrons. The summed E-state index contributed by atoms with van der Waals surface area (Å²) in [5.41, 5.74) is 6.87. The fourth-order valence-corrected chi connectivity index (χ4v) is 4.57. The van der Waals surface area contributed by atoms with E-state index in [2.05, 4.69) is 46.9 Å². The van der Waals surface area contributed by atoms with Crippen LogP contribution in [0.4, 0.5) is 0 Å². The lowest BCUT2D eigenvalue weighted by Gasteiger charge is -2.36. The van der Waals surface area contributed by atoms with Gasteiger partial charge in [0, 0.05) is 23.5 Å². The molecule has 0 aliphatic carbocycles. The van der Waals surface area contributed by atoms with Gasteiger partial charge in [0.15, 0.2) is 5.96 Å². The summed E-state index contributed by atoms with van der Waals surface area (Å²) in [6, 6.07) is 12.0. The number of piperidine rings is 1. The lowest BCUT2D eigenvalue weighted by atomic mass is 9.97. The molecule has 1 aliphatic rings. The van der Waals surface area contributed by atoms with E-state index >= 15 is 0 Å². The van der Waals surface area contributed by atoms with E-state index in [0.29, 0.717) is 18.2 Å². The zero-order valence-corrected chi connectivity index (χ0v) is 21.5. The molecule has 1 saturated heterocycles. The number of carbonyl (C=O) groups is 1. The first-order valence-electron chi connectivity index (χ1n) is 10.7. The molecule has 0 radical (unpaired) electrons. The van der Waals surface area contributed by atoms with Crippen LogP contribution in [0.3, 0.4) is 0 Å². The van der Waals surface area contributed by atoms with Crippen molar-refractivity contribution in [1.82, 2.24) is 15.5 Å². The molecule has 0 bridgehead atoms. The van der Waals surface area contributed by atoms with Gasteiger partial charge in [-0.1, -0.05) is 25.1 Å². The second-order valence-electron chi connectivity index (χ2n) is 7.89. The molecule has 6 nitrogen and oxygen atoms in total. The maximum Gasteiger partial charge on any atom is 0.248 e. The zero-order chi connectivity index (χ0) is 21.3. The maximum absolute atomic E-state index is 11.2. The summed E-state index contributed by atoms with van der Waals surface area (Å²) in [6.45, 7) is 8.87. The first-order chi connectivity index (χ1) is 14.6. The van der Waals surface area contributed by atoms with E-state index in [1.807, 2.05) is 23.5 Å². The zero-order valence-electron chi connectivity index (χ0n) is 18.3. The Morgan fingerprint density at radius 3 is 2.52 bits per heavy atom. The quantitative estimate of drug-likeness (QED) is 0.262. The number of carbonyl (C=O) groups excluding carboxylic acids is 1. The van der Waals surface area contributed by atoms with Crippen LogP contribution in [-0.4, -0.2) is 42.9 Å². The van der Waals surface area contributed by atoms with E-state index in [0.717, 1.165) is 43.6 Å². The number of amides is 1. The summed E-state index contributed by atoms with van der Waals surface area (Å²) in [5, 5.41) is 9.05. The first kappa shape index (κ1) is 25.6. The minimum absolute atomic E-state index is 0. The van der Waals surface area contributed by atoms with Crippen molar-refractivity contribution in [3.63, 3.8) is 0 Å². The van der Waals surface area contributed by atoms with Crippen LogP contribution in [0.1, 0.15) is 53.5 Å². The number of benzene rings is 1. The molecule has 1 atom stereocenters. The number of thiophene rings is 1. The summed E-state index contributed by atoms with van der Waals surface area (Å²) in [7, 11) is 0. The highest BCUT2D eigenvalue weighted by Crippen LogP contribution is 2.29. The molecule has 31 heavy (non-hydrogen) atoms. The Morgan fingerprint density at radius 1 is 1.23 bits per heavy atom. The van der Waals surface area contributed by atoms with E-state index in [9.17, 15) is 4.79 Å². The van der Waals surface area contributed by atoms with E-state index in [1.54, 1.807) is 12.1 Å². The summed E-state index contributed by atoms with van der Waals surface area (Å²) in [6.07, 6.45) is 2.52. The van der Waals surface area contributed by atoms with Crippen LogP contribution < -0.4 is 16.4 Å². The Kier molecular flexibility index (Phi) is 10.8. The van der Waals surface area contributed by atoms with Gasteiger partial charge in [0.05, 0.1) is 12.6 Å². The molecule has 1 amide bonds. The Labute approximate surface area is 206 Å². The van der Waals surface area contributed by atoms with Crippen molar-refractivity contribution in [2.75, 3.05) is 26.2 Å². The minimum atomic E-state index is -0.410. The fraction of sp³-hybridized carbons (Fsp3) is 0.478. The number of hydrogen-bond acceptors (Lipinski definition) is 4. The highest BCUT2D eigenvalue weighted by Gasteiger charge is 2.25. The standard InChI is InChI=1S/C23H33N5OS.HI/c1-3-25-23(26-15-18-6-8-19(9-7-18)22(24)29)27-16-20(21-5-4-14-30-21)28-12-10-17(2)11-13-28;/h4-9,14,17,20H,3,10-13,15-16H2,1-2H3,(H2,24,29)(H2,25,26,27);1H. The number of nitrogens with two attached hydrogens (primary N) is 1. The van der Waals surface area contributed by atoms with Gasteiger partial charge in [0.25, 0.3) is 0 Å². The number of aliphatic imine (C=N–C) groups is 1. The van der Waals surface area contributed by atoms with Gasteiger partial charge in [-0.15, -0.1) is 35.3 Å². The number of nitrogens with one attached hydrogen (secondary N) is 2. The molecule has 1 unspecified atom stereocenters. The second-order valence-corrected chi connectivity index (χ2v) is 8.87. The number of halogens is 1. The number of guanidine groups is 1. The molecule has 1 aromatic heterocycles. The van der Waals surface area contributed by atoms with Crippen molar-refractivity contribution in [2.45, 2.75) is 39.3 Å². The maximum atomic E-state index is 11.2. The van der Waals surface area contributed by atoms with Crippen molar-refractivity contribution in [1.29, 1.82) is 0 Å². The van der Waals surface area contributed by atoms with E-state index in [4.69, 9.17) is 10.7 Å². The normalized spacial score (nSPS) is 16.4. The molecule has 0 saturated carbocycles. The van der Waals surface area contributed by atoms with Crippen molar-refractivity contribution in [2.24, 2.45) is 16.6 Å². The first-order valence-corrected chi connectivity index (χ1v) is 11.6. The molecule has 4 N–H and O–H groups in total. The average molecular weight is 556 g/mol. The number of likely N-dealkylation sites (tertiary alicyclic amines) is 1. The van der Waals surface area contributed by atoms with Crippen molar-refractivity contribution in [3.05, 3.63) is 57.8 Å². The Balaban J connectivity index is 0.00000341. The van der Waals surface area contributed by atoms with Crippen LogP contribution in [-0.2, 0) is 6.54 Å². The Hall–Kier alpha value is -1.65. The Morgan fingerprint density at radius 2 is 1.94 bits per heavy atom. The summed E-state index contributed by atoms with van der Waals surface area (Å²) < 4.78 is 0. The van der Waals surface area contributed by atoms with Crippen molar-refractivity contribution < 1.29 is 4.79 Å². The van der Waals surface area contributed by atoms with Crippen LogP contribution in [0.5, 0.6) is 0 Å². The van der Waals surface area contributed by atoms with Crippen LogP contribution in [0.25, 0.3) is 0 Å². The number of primary amides is 1. The molecule has 1 aromatic carbocycles. The number of rotatable bonds is 8. The predicted octanol–water partition coefficient (Wildman–Crippen LogP) is 3.99. The second kappa shape index (κ2) is 13.0. The highest BCUT2D eigenvalue weighted by molar-refractivity contribution is 14.0. The summed E-state index contributed by atoms with van der Waals surface area (Å²) in [5.74, 6) is 1.22.